The van der Waals surface area contributed by atoms with Gasteiger partial charge in [-0.1, -0.05) is 23.8 Å². The van der Waals surface area contributed by atoms with Crippen LogP contribution >= 0.6 is 0 Å². The van der Waals surface area contributed by atoms with E-state index in [1.807, 2.05) is 56.3 Å². The number of nitrogens with one attached hydrogen (secondary N) is 4. The molecule has 0 fully saturated rings. The minimum absolute atomic E-state index is 0.370. The Morgan fingerprint density at radius 1 is 0.765 bits per heavy atom. The zero-order valence-electron chi connectivity index (χ0n) is 19.1. The molecular weight excluding hydrogens is 431 g/mol. The maximum atomic E-state index is 13.7. The topological polar surface area (TPSA) is 91.0 Å². The number of amides is 2. The standard InChI is InChI=1S/C26H25FN6O/c1-16-7-9-20(10-8-16)30-25-28-17(2)15-24(33-25)29-19-11-13-21(14-12-19)31-26(34)32-23-6-4-5-22(27)18(23)3/h4-15H,1-3H3,(H2,31,32,34)(H2,28,29,30,33). The molecule has 0 saturated carbocycles. The first-order valence-electron chi connectivity index (χ1n) is 10.8. The molecule has 0 radical (unpaired) electrons. The smallest absolute Gasteiger partial charge is 0.323 e. The molecule has 4 N–H and O–H groups in total. The van der Waals surface area contributed by atoms with Crippen LogP contribution in [0, 0.1) is 26.6 Å². The highest BCUT2D eigenvalue weighted by atomic mass is 19.1. The van der Waals surface area contributed by atoms with Gasteiger partial charge in [0.05, 0.1) is 0 Å². The fraction of sp³-hybridized carbons (Fsp3) is 0.115. The van der Waals surface area contributed by atoms with Crippen LogP contribution in [0.3, 0.4) is 0 Å². The molecule has 1 heterocycles. The van der Waals surface area contributed by atoms with Crippen LogP contribution in [0.15, 0.2) is 72.8 Å². The van der Waals surface area contributed by atoms with Crippen LogP contribution in [0.5, 0.6) is 0 Å². The lowest BCUT2D eigenvalue weighted by atomic mass is 10.2. The fourth-order valence-electron chi connectivity index (χ4n) is 3.27. The Kier molecular flexibility index (Phi) is 6.68. The van der Waals surface area contributed by atoms with E-state index in [0.29, 0.717) is 28.7 Å². The van der Waals surface area contributed by atoms with Gasteiger partial charge in [-0.3, -0.25) is 0 Å². The maximum Gasteiger partial charge on any atom is 0.323 e. The van der Waals surface area contributed by atoms with Crippen molar-refractivity contribution in [2.24, 2.45) is 0 Å². The third-order valence-electron chi connectivity index (χ3n) is 5.09. The SMILES string of the molecule is Cc1ccc(Nc2nc(C)cc(Nc3ccc(NC(=O)Nc4cccc(F)c4C)cc3)n2)cc1. The van der Waals surface area contributed by atoms with Crippen LogP contribution < -0.4 is 21.3 Å². The van der Waals surface area contributed by atoms with Gasteiger partial charge in [0.2, 0.25) is 5.95 Å². The number of carbonyl (C=O) groups is 1. The highest BCUT2D eigenvalue weighted by Gasteiger charge is 2.08. The third-order valence-corrected chi connectivity index (χ3v) is 5.09. The molecule has 0 aliphatic rings. The zero-order valence-corrected chi connectivity index (χ0v) is 19.1. The van der Waals surface area contributed by atoms with Crippen LogP contribution in [-0.4, -0.2) is 16.0 Å². The lowest BCUT2D eigenvalue weighted by Crippen LogP contribution is -2.20. The number of benzene rings is 3. The molecule has 7 nitrogen and oxygen atoms in total. The van der Waals surface area contributed by atoms with Gasteiger partial charge >= 0.3 is 6.03 Å². The predicted molar refractivity (Wildman–Crippen MR) is 135 cm³/mol. The van der Waals surface area contributed by atoms with E-state index in [9.17, 15) is 9.18 Å². The molecule has 34 heavy (non-hydrogen) atoms. The van der Waals surface area contributed by atoms with Gasteiger partial charge in [-0.2, -0.15) is 4.98 Å². The van der Waals surface area contributed by atoms with Gasteiger partial charge in [0.15, 0.2) is 0 Å². The normalized spacial score (nSPS) is 10.5. The molecule has 0 atom stereocenters. The Balaban J connectivity index is 1.39. The van der Waals surface area contributed by atoms with Gasteiger partial charge in [-0.25, -0.2) is 14.2 Å². The Bertz CT molecular complexity index is 1310. The Morgan fingerprint density at radius 2 is 1.41 bits per heavy atom. The second kappa shape index (κ2) is 9.99. The van der Waals surface area contributed by atoms with E-state index in [-0.39, 0.29) is 5.82 Å². The summed E-state index contributed by atoms with van der Waals surface area (Å²) in [6, 6.07) is 21.1. The van der Waals surface area contributed by atoms with Gasteiger partial charge in [0.1, 0.15) is 11.6 Å². The Hall–Kier alpha value is -4.46. The van der Waals surface area contributed by atoms with E-state index < -0.39 is 6.03 Å². The van der Waals surface area contributed by atoms with Crippen molar-refractivity contribution in [3.05, 3.63) is 95.4 Å². The number of anilines is 6. The summed E-state index contributed by atoms with van der Waals surface area (Å²) >= 11 is 0. The molecule has 0 aliphatic carbocycles. The van der Waals surface area contributed by atoms with Crippen LogP contribution in [0.1, 0.15) is 16.8 Å². The molecule has 2 amide bonds. The summed E-state index contributed by atoms with van der Waals surface area (Å²) in [6.45, 7) is 5.55. The first kappa shape index (κ1) is 22.7. The van der Waals surface area contributed by atoms with E-state index in [4.69, 9.17) is 0 Å². The number of urea groups is 1. The number of halogens is 1. The third kappa shape index (κ3) is 5.86. The van der Waals surface area contributed by atoms with Gasteiger partial charge < -0.3 is 21.3 Å². The van der Waals surface area contributed by atoms with Crippen molar-refractivity contribution in [2.75, 3.05) is 21.3 Å². The summed E-state index contributed by atoms with van der Waals surface area (Å²) in [7, 11) is 0. The second-order valence-electron chi connectivity index (χ2n) is 7.90. The first-order valence-corrected chi connectivity index (χ1v) is 10.8. The van der Waals surface area contributed by atoms with Gasteiger partial charge in [0, 0.05) is 40.1 Å². The van der Waals surface area contributed by atoms with E-state index in [1.165, 1.54) is 11.6 Å². The number of hydrogen-bond donors (Lipinski definition) is 4. The monoisotopic (exact) mass is 456 g/mol. The molecule has 0 saturated heterocycles. The molecule has 0 bridgehead atoms. The Labute approximate surface area is 197 Å². The molecule has 0 spiro atoms. The minimum atomic E-state index is -0.451. The van der Waals surface area contributed by atoms with Crippen LogP contribution in [0.25, 0.3) is 0 Å². The summed E-state index contributed by atoms with van der Waals surface area (Å²) in [6.07, 6.45) is 0. The summed E-state index contributed by atoms with van der Waals surface area (Å²) in [4.78, 5) is 21.3. The summed E-state index contributed by atoms with van der Waals surface area (Å²) < 4.78 is 13.7. The lowest BCUT2D eigenvalue weighted by molar-refractivity contribution is 0.262. The summed E-state index contributed by atoms with van der Waals surface area (Å²) in [5.41, 5.74) is 5.10. The van der Waals surface area contributed by atoms with E-state index in [2.05, 4.69) is 31.2 Å². The number of hydrogen-bond acceptors (Lipinski definition) is 5. The van der Waals surface area contributed by atoms with Crippen molar-refractivity contribution < 1.29 is 9.18 Å². The largest absolute Gasteiger partial charge is 0.340 e. The van der Waals surface area contributed by atoms with Gasteiger partial charge in [-0.15, -0.1) is 0 Å². The molecule has 0 unspecified atom stereocenters. The maximum absolute atomic E-state index is 13.7. The van der Waals surface area contributed by atoms with Crippen molar-refractivity contribution in [2.45, 2.75) is 20.8 Å². The fourth-order valence-corrected chi connectivity index (χ4v) is 3.27. The molecule has 4 aromatic rings. The highest BCUT2D eigenvalue weighted by molar-refractivity contribution is 6.00. The summed E-state index contributed by atoms with van der Waals surface area (Å²) in [5, 5.41) is 11.9. The first-order chi connectivity index (χ1) is 16.4. The Morgan fingerprint density at radius 3 is 2.15 bits per heavy atom. The van der Waals surface area contributed by atoms with Crippen molar-refractivity contribution in [1.82, 2.24) is 9.97 Å². The predicted octanol–water partition coefficient (Wildman–Crippen LogP) is 6.67. The van der Waals surface area contributed by atoms with Crippen molar-refractivity contribution in [3.8, 4) is 0 Å². The number of nitrogens with zero attached hydrogens (tertiary/aromatic N) is 2. The quantitative estimate of drug-likeness (QED) is 0.260. The lowest BCUT2D eigenvalue weighted by Gasteiger charge is -2.12. The number of aromatic nitrogens is 2. The van der Waals surface area contributed by atoms with Crippen molar-refractivity contribution >= 4 is 40.5 Å². The number of rotatable bonds is 6. The van der Waals surface area contributed by atoms with Gasteiger partial charge in [-0.05, 0) is 69.3 Å². The van der Waals surface area contributed by atoms with E-state index in [1.54, 1.807) is 31.2 Å². The van der Waals surface area contributed by atoms with E-state index in [0.717, 1.165) is 17.1 Å². The second-order valence-corrected chi connectivity index (χ2v) is 7.90. The minimum Gasteiger partial charge on any atom is -0.340 e. The zero-order chi connectivity index (χ0) is 24.1. The number of aryl methyl sites for hydroxylation is 2. The highest BCUT2D eigenvalue weighted by Crippen LogP contribution is 2.22. The molecule has 1 aromatic heterocycles. The molecular formula is C26H25FN6O. The average Bonchev–Trinajstić information content (AvgIpc) is 2.79. The summed E-state index contributed by atoms with van der Waals surface area (Å²) in [5.74, 6) is 0.765. The average molecular weight is 457 g/mol. The number of carbonyl (C=O) groups excluding carboxylic acids is 1. The van der Waals surface area contributed by atoms with Crippen LogP contribution in [0.4, 0.5) is 43.7 Å². The van der Waals surface area contributed by atoms with E-state index >= 15 is 0 Å². The molecule has 4 rings (SSSR count). The van der Waals surface area contributed by atoms with Crippen LogP contribution in [-0.2, 0) is 0 Å². The van der Waals surface area contributed by atoms with Crippen molar-refractivity contribution in [3.63, 3.8) is 0 Å². The van der Waals surface area contributed by atoms with Gasteiger partial charge in [0.25, 0.3) is 0 Å². The van der Waals surface area contributed by atoms with Crippen LogP contribution in [0.2, 0.25) is 0 Å². The molecule has 3 aromatic carbocycles. The molecule has 0 aliphatic heterocycles. The van der Waals surface area contributed by atoms with Crippen molar-refractivity contribution in [1.29, 1.82) is 0 Å². The molecule has 8 heteroatoms. The molecule has 172 valence electrons.